The zero-order valence-electron chi connectivity index (χ0n) is 15.6. The molecule has 2 atom stereocenters. The van der Waals surface area contributed by atoms with Gasteiger partial charge < -0.3 is 14.1 Å². The minimum atomic E-state index is 0.354. The third kappa shape index (κ3) is 3.85. The van der Waals surface area contributed by atoms with E-state index >= 15 is 0 Å². The number of likely N-dealkylation sites (tertiary alicyclic amines) is 2. The fraction of sp³-hybridized carbons (Fsp3) is 0.571. The molecule has 2 saturated heterocycles. The largest absolute Gasteiger partial charge is 0.468 e. The first-order valence-electron chi connectivity index (χ1n) is 9.72. The number of pyridine rings is 1. The van der Waals surface area contributed by atoms with Crippen LogP contribution >= 0.6 is 0 Å². The van der Waals surface area contributed by atoms with E-state index in [1.807, 2.05) is 30.5 Å². The van der Waals surface area contributed by atoms with Gasteiger partial charge in [0, 0.05) is 37.2 Å². The third-order valence-corrected chi connectivity index (χ3v) is 6.05. The van der Waals surface area contributed by atoms with Crippen LogP contribution in [0.2, 0.25) is 0 Å². The van der Waals surface area contributed by atoms with E-state index in [0.29, 0.717) is 17.9 Å². The molecule has 26 heavy (non-hydrogen) atoms. The van der Waals surface area contributed by atoms with Crippen LogP contribution in [0.4, 0.5) is 0 Å². The topological polar surface area (TPSA) is 41.7 Å². The molecule has 0 saturated carbocycles. The average molecular weight is 355 g/mol. The average Bonchev–Trinajstić information content (AvgIpc) is 3.39. The second-order valence-electron chi connectivity index (χ2n) is 7.76. The van der Waals surface area contributed by atoms with Gasteiger partial charge in [0.2, 0.25) is 0 Å². The summed E-state index contributed by atoms with van der Waals surface area (Å²) in [5, 5.41) is 0. The molecule has 0 aliphatic carbocycles. The third-order valence-electron chi connectivity index (χ3n) is 6.05. The monoisotopic (exact) mass is 355 g/mol. The Morgan fingerprint density at radius 3 is 2.92 bits per heavy atom. The van der Waals surface area contributed by atoms with Crippen LogP contribution in [-0.4, -0.2) is 54.1 Å². The summed E-state index contributed by atoms with van der Waals surface area (Å²) in [6, 6.07) is 10.0. The minimum Gasteiger partial charge on any atom is -0.468 e. The molecule has 0 amide bonds. The van der Waals surface area contributed by atoms with Crippen LogP contribution in [0.25, 0.3) is 0 Å². The molecular formula is C21H29N3O2. The van der Waals surface area contributed by atoms with Crippen molar-refractivity contribution in [2.75, 3.05) is 39.3 Å². The zero-order valence-corrected chi connectivity index (χ0v) is 15.6. The molecule has 2 fully saturated rings. The predicted molar refractivity (Wildman–Crippen MR) is 101 cm³/mol. The number of ether oxygens (including phenoxy) is 1. The summed E-state index contributed by atoms with van der Waals surface area (Å²) in [7, 11) is 0. The molecule has 0 unspecified atom stereocenters. The van der Waals surface area contributed by atoms with Crippen molar-refractivity contribution in [3.63, 3.8) is 0 Å². The summed E-state index contributed by atoms with van der Waals surface area (Å²) in [5.41, 5.74) is 1.37. The molecule has 2 aliphatic rings. The van der Waals surface area contributed by atoms with Crippen LogP contribution < -0.4 is 0 Å². The molecule has 0 bridgehead atoms. The van der Waals surface area contributed by atoms with Gasteiger partial charge in [-0.1, -0.05) is 13.0 Å². The summed E-state index contributed by atoms with van der Waals surface area (Å²) in [4.78, 5) is 9.50. The van der Waals surface area contributed by atoms with Crippen molar-refractivity contribution >= 4 is 0 Å². The van der Waals surface area contributed by atoms with Crippen molar-refractivity contribution in [2.45, 2.75) is 26.5 Å². The Morgan fingerprint density at radius 2 is 2.15 bits per heavy atom. The normalized spacial score (nSPS) is 26.9. The van der Waals surface area contributed by atoms with Crippen LogP contribution in [0.1, 0.15) is 24.8 Å². The quantitative estimate of drug-likeness (QED) is 0.764. The molecule has 140 valence electrons. The van der Waals surface area contributed by atoms with E-state index in [1.165, 1.54) is 13.0 Å². The van der Waals surface area contributed by atoms with Gasteiger partial charge in [0.25, 0.3) is 0 Å². The second-order valence-corrected chi connectivity index (χ2v) is 7.76. The Balaban J connectivity index is 1.36. The summed E-state index contributed by atoms with van der Waals surface area (Å²) in [5.74, 6) is 1.66. The van der Waals surface area contributed by atoms with Crippen LogP contribution in [0.3, 0.4) is 0 Å². The number of nitrogens with zero attached hydrogens (tertiary/aromatic N) is 3. The first-order valence-corrected chi connectivity index (χ1v) is 9.72. The maximum Gasteiger partial charge on any atom is 0.117 e. The first-order chi connectivity index (χ1) is 12.8. The van der Waals surface area contributed by atoms with Crippen LogP contribution in [0.15, 0.2) is 47.2 Å². The van der Waals surface area contributed by atoms with E-state index in [2.05, 4.69) is 27.8 Å². The number of aromatic nitrogens is 1. The second kappa shape index (κ2) is 7.91. The van der Waals surface area contributed by atoms with Gasteiger partial charge in [-0.25, -0.2) is 0 Å². The van der Waals surface area contributed by atoms with E-state index in [4.69, 9.17) is 9.15 Å². The zero-order chi connectivity index (χ0) is 17.8. The van der Waals surface area contributed by atoms with E-state index in [-0.39, 0.29) is 0 Å². The molecule has 5 heteroatoms. The van der Waals surface area contributed by atoms with Gasteiger partial charge in [-0.15, -0.1) is 0 Å². The highest BCUT2D eigenvalue weighted by Gasteiger charge is 2.49. The molecule has 0 radical (unpaired) electrons. The number of furan rings is 1. The fourth-order valence-corrected chi connectivity index (χ4v) is 4.61. The summed E-state index contributed by atoms with van der Waals surface area (Å²) >= 11 is 0. The van der Waals surface area contributed by atoms with Crippen LogP contribution in [0.5, 0.6) is 0 Å². The number of hydrogen-bond donors (Lipinski definition) is 0. The molecular weight excluding hydrogens is 326 g/mol. The summed E-state index contributed by atoms with van der Waals surface area (Å²) in [6.45, 7) is 10.4. The van der Waals surface area contributed by atoms with Gasteiger partial charge in [-0.05, 0) is 43.8 Å². The molecule has 4 heterocycles. The van der Waals surface area contributed by atoms with Gasteiger partial charge >= 0.3 is 0 Å². The standard InChI is InChI=1S/C21H29N3O2/c1-2-23-12-18(14-25-15-19-6-3-4-9-22-19)21(16-23)8-10-24(17-21)13-20-7-5-11-26-20/h3-7,9,11,18H,2,8,10,12-17H2,1H3/t18-,21-/m0/s1. The highest BCUT2D eigenvalue weighted by Crippen LogP contribution is 2.44. The van der Waals surface area contributed by atoms with Crippen molar-refractivity contribution in [3.8, 4) is 0 Å². The molecule has 4 rings (SSSR count). The van der Waals surface area contributed by atoms with E-state index < -0.39 is 0 Å². The maximum absolute atomic E-state index is 6.10. The maximum atomic E-state index is 6.10. The SMILES string of the molecule is CCN1C[C@@H](COCc2ccccn2)[C@@]2(CCN(Cc3ccco3)C2)C1. The van der Waals surface area contributed by atoms with Gasteiger partial charge in [0.1, 0.15) is 5.76 Å². The minimum absolute atomic E-state index is 0.354. The molecule has 2 aliphatic heterocycles. The highest BCUT2D eigenvalue weighted by atomic mass is 16.5. The predicted octanol–water partition coefficient (Wildman–Crippen LogP) is 3.04. The first kappa shape index (κ1) is 17.7. The lowest BCUT2D eigenvalue weighted by Crippen LogP contribution is -2.36. The van der Waals surface area contributed by atoms with Crippen molar-refractivity contribution in [2.24, 2.45) is 11.3 Å². The van der Waals surface area contributed by atoms with E-state index in [1.54, 1.807) is 6.26 Å². The number of hydrogen-bond acceptors (Lipinski definition) is 5. The molecule has 5 nitrogen and oxygen atoms in total. The lowest BCUT2D eigenvalue weighted by Gasteiger charge is -2.30. The van der Waals surface area contributed by atoms with Crippen LogP contribution in [-0.2, 0) is 17.9 Å². The van der Waals surface area contributed by atoms with E-state index in [0.717, 1.165) is 50.8 Å². The van der Waals surface area contributed by atoms with Gasteiger partial charge in [0.15, 0.2) is 0 Å². The lowest BCUT2D eigenvalue weighted by molar-refractivity contribution is 0.0498. The van der Waals surface area contributed by atoms with Crippen molar-refractivity contribution < 1.29 is 9.15 Å². The van der Waals surface area contributed by atoms with Crippen molar-refractivity contribution in [1.82, 2.24) is 14.8 Å². The van der Waals surface area contributed by atoms with Crippen LogP contribution in [0, 0.1) is 11.3 Å². The molecule has 1 spiro atoms. The van der Waals surface area contributed by atoms with Crippen molar-refractivity contribution in [1.29, 1.82) is 0 Å². The lowest BCUT2D eigenvalue weighted by atomic mass is 9.77. The Morgan fingerprint density at radius 1 is 1.23 bits per heavy atom. The Bertz CT molecular complexity index is 676. The highest BCUT2D eigenvalue weighted by molar-refractivity contribution is 5.05. The molecule has 2 aromatic rings. The van der Waals surface area contributed by atoms with E-state index in [9.17, 15) is 0 Å². The molecule has 0 N–H and O–H groups in total. The smallest absolute Gasteiger partial charge is 0.117 e. The Labute approximate surface area is 156 Å². The van der Waals surface area contributed by atoms with Gasteiger partial charge in [-0.3, -0.25) is 9.88 Å². The summed E-state index contributed by atoms with van der Waals surface area (Å²) < 4.78 is 11.6. The van der Waals surface area contributed by atoms with Crippen molar-refractivity contribution in [3.05, 3.63) is 54.2 Å². The fourth-order valence-electron chi connectivity index (χ4n) is 4.61. The Kier molecular flexibility index (Phi) is 5.38. The summed E-state index contributed by atoms with van der Waals surface area (Å²) in [6.07, 6.45) is 4.85. The number of rotatable bonds is 7. The van der Waals surface area contributed by atoms with Gasteiger partial charge in [-0.2, -0.15) is 0 Å². The molecule has 0 aromatic carbocycles. The Hall–Kier alpha value is -1.69. The molecule has 2 aromatic heterocycles. The van der Waals surface area contributed by atoms with Gasteiger partial charge in [0.05, 0.1) is 31.7 Å².